The van der Waals surface area contributed by atoms with E-state index in [1.807, 2.05) is 19.6 Å². The molecule has 0 aromatic carbocycles. The Bertz CT molecular complexity index is 744. The Morgan fingerprint density at radius 2 is 0.588 bits per heavy atom. The minimum atomic E-state index is -2.74. The van der Waals surface area contributed by atoms with Crippen LogP contribution in [0.5, 0.6) is 0 Å². The van der Waals surface area contributed by atoms with Gasteiger partial charge in [-0.1, -0.05) is 0 Å². The van der Waals surface area contributed by atoms with Crippen molar-refractivity contribution in [2.24, 2.45) is 0 Å². The van der Waals surface area contributed by atoms with Crippen molar-refractivity contribution in [2.75, 3.05) is 99.1 Å². The monoisotopic (exact) mass is 798 g/mol. The van der Waals surface area contributed by atoms with Gasteiger partial charge in [-0.15, -0.1) is 0 Å². The summed E-state index contributed by atoms with van der Waals surface area (Å²) >= 11 is 0. The molecule has 0 spiro atoms. The summed E-state index contributed by atoms with van der Waals surface area (Å²) in [6.07, 6.45) is -3.74. The smallest absolute Gasteiger partial charge is 0.317 e. The minimum Gasteiger partial charge on any atom is -0.416 e. The van der Waals surface area contributed by atoms with Crippen molar-refractivity contribution in [3.63, 3.8) is 0 Å². The lowest BCUT2D eigenvalue weighted by Gasteiger charge is -2.50. The molecule has 0 amide bonds. The molecule has 18 nitrogen and oxygen atoms in total. The van der Waals surface area contributed by atoms with Crippen molar-refractivity contribution in [3.05, 3.63) is 0 Å². The van der Waals surface area contributed by atoms with E-state index < -0.39 is 82.1 Å². The normalized spacial score (nSPS) is 26.1. The Balaban J connectivity index is 2.64. The minimum absolute atomic E-state index is 0.0303. The zero-order chi connectivity index (χ0) is 38.2. The molecule has 6 atom stereocenters. The number of hydrogen-bond acceptors (Lipinski definition) is 18. The van der Waals surface area contributed by atoms with E-state index in [2.05, 4.69) is 0 Å². The Hall–Kier alpha value is -0.0694. The third-order valence-electron chi connectivity index (χ3n) is 7.48. The van der Waals surface area contributed by atoms with E-state index in [0.29, 0.717) is 57.2 Å². The average Bonchev–Trinajstić information content (AvgIpc) is 3.06. The first-order valence-electron chi connectivity index (χ1n) is 17.6. The number of ether oxygens (including phenoxy) is 6. The number of aliphatic hydroxyl groups is 9. The average molecular weight is 799 g/mol. The highest BCUT2D eigenvalue weighted by molar-refractivity contribution is 6.93. The summed E-state index contributed by atoms with van der Waals surface area (Å²) < 4.78 is 52.6. The number of hydrogen-bond donors (Lipinski definition) is 9. The maximum atomic E-state index is 10.1. The van der Waals surface area contributed by atoms with E-state index in [1.165, 1.54) is 0 Å². The SMILES string of the molecule is C[Si]1(CCCOCC(O)COCC(O)CO)O[Si](C)(CCCOCC(O)COCC(O)CO)O[Si](C)(CCCOCC(O)COCC(O)CO)O1. The first kappa shape index (κ1) is 49.0. The van der Waals surface area contributed by atoms with Crippen LogP contribution in [0.15, 0.2) is 0 Å². The fourth-order valence-electron chi connectivity index (χ4n) is 5.21. The van der Waals surface area contributed by atoms with Crippen molar-refractivity contribution in [3.8, 4) is 0 Å². The molecule has 9 N–H and O–H groups in total. The lowest BCUT2D eigenvalue weighted by atomic mass is 10.4. The maximum Gasteiger partial charge on any atom is 0.317 e. The van der Waals surface area contributed by atoms with Crippen LogP contribution in [0, 0.1) is 0 Å². The van der Waals surface area contributed by atoms with Gasteiger partial charge in [0.1, 0.15) is 36.6 Å². The van der Waals surface area contributed by atoms with Crippen molar-refractivity contribution >= 4 is 25.7 Å². The molecule has 1 rings (SSSR count). The molecule has 51 heavy (non-hydrogen) atoms. The third-order valence-corrected chi connectivity index (χ3v) is 21.6. The lowest BCUT2D eigenvalue weighted by Crippen LogP contribution is -2.67. The number of rotatable bonds is 33. The van der Waals surface area contributed by atoms with Crippen LogP contribution >= 0.6 is 0 Å². The van der Waals surface area contributed by atoms with Crippen LogP contribution in [0.1, 0.15) is 19.3 Å². The quantitative estimate of drug-likeness (QED) is 0.0249. The first-order chi connectivity index (χ1) is 24.2. The molecular weight excluding hydrogens is 733 g/mol. The molecular formula is C30H66O18Si3. The molecule has 0 bridgehead atoms. The second kappa shape index (κ2) is 27.5. The highest BCUT2D eigenvalue weighted by Crippen LogP contribution is 2.38. The van der Waals surface area contributed by atoms with Crippen molar-refractivity contribution in [1.82, 2.24) is 0 Å². The third kappa shape index (κ3) is 24.1. The molecule has 6 unspecified atom stereocenters. The van der Waals surface area contributed by atoms with Gasteiger partial charge < -0.3 is 86.7 Å². The summed E-state index contributed by atoms with van der Waals surface area (Å²) in [4.78, 5) is 0. The van der Waals surface area contributed by atoms with E-state index in [4.69, 9.17) is 56.1 Å². The fourth-order valence-corrected chi connectivity index (χ4v) is 22.6. The van der Waals surface area contributed by atoms with Gasteiger partial charge >= 0.3 is 25.7 Å². The van der Waals surface area contributed by atoms with Crippen LogP contribution in [0.25, 0.3) is 0 Å². The fraction of sp³-hybridized carbons (Fsp3) is 1.00. The van der Waals surface area contributed by atoms with Crippen molar-refractivity contribution < 1.29 is 86.7 Å². The summed E-state index contributed by atoms with van der Waals surface area (Å²) in [5.74, 6) is 0. The molecule has 1 saturated heterocycles. The molecule has 1 aliphatic rings. The van der Waals surface area contributed by atoms with Gasteiger partial charge in [-0.05, 0) is 57.0 Å². The lowest BCUT2D eigenvalue weighted by molar-refractivity contribution is -0.0479. The summed E-state index contributed by atoms with van der Waals surface area (Å²) in [7, 11) is -8.22. The molecule has 0 radical (unpaired) electrons. The molecule has 1 aliphatic heterocycles. The number of aliphatic hydroxyl groups excluding tert-OH is 9. The molecule has 0 aromatic rings. The largest absolute Gasteiger partial charge is 0.416 e. The summed E-state index contributed by atoms with van der Waals surface area (Å²) in [5.41, 5.74) is 0. The summed E-state index contributed by atoms with van der Waals surface area (Å²) in [6, 6.07) is 1.91. The molecule has 1 heterocycles. The zero-order valence-electron chi connectivity index (χ0n) is 30.5. The van der Waals surface area contributed by atoms with Crippen molar-refractivity contribution in [2.45, 2.75) is 93.7 Å². The maximum absolute atomic E-state index is 10.1. The van der Waals surface area contributed by atoms with Gasteiger partial charge in [0.2, 0.25) is 0 Å². The molecule has 306 valence electrons. The molecule has 1 fully saturated rings. The van der Waals surface area contributed by atoms with Gasteiger partial charge in [0.15, 0.2) is 0 Å². The first-order valence-corrected chi connectivity index (χ1v) is 25.2. The van der Waals surface area contributed by atoms with Gasteiger partial charge in [-0.3, -0.25) is 0 Å². The van der Waals surface area contributed by atoms with Crippen LogP contribution in [0.2, 0.25) is 37.8 Å². The Morgan fingerprint density at radius 1 is 0.373 bits per heavy atom. The predicted molar refractivity (Wildman–Crippen MR) is 189 cm³/mol. The van der Waals surface area contributed by atoms with Crippen molar-refractivity contribution in [1.29, 1.82) is 0 Å². The van der Waals surface area contributed by atoms with Gasteiger partial charge in [-0.25, -0.2) is 0 Å². The van der Waals surface area contributed by atoms with E-state index in [9.17, 15) is 30.6 Å². The van der Waals surface area contributed by atoms with Gasteiger partial charge in [-0.2, -0.15) is 0 Å². The standard InChI is InChI=1S/C30H66O18Si3/c1-49(10-4-7-40-19-28(37)22-43-16-25(34)13-31)46-50(2,11-5-8-41-20-29(38)23-44-17-26(35)14-32)48-51(3,47-49)12-6-9-42-21-30(39)24-45-18-27(36)15-33/h25-39H,4-24H2,1-3H3. The summed E-state index contributed by atoms with van der Waals surface area (Å²) in [6.45, 7) is 5.73. The van der Waals surface area contributed by atoms with Crippen LogP contribution in [-0.4, -0.2) is 207 Å². The van der Waals surface area contributed by atoms with E-state index in [1.54, 1.807) is 0 Å². The predicted octanol–water partition coefficient (Wildman–Crippen LogP) is -2.32. The van der Waals surface area contributed by atoms with Gasteiger partial charge in [0, 0.05) is 19.8 Å². The Labute approximate surface area is 304 Å². The van der Waals surface area contributed by atoms with Crippen LogP contribution in [-0.2, 0) is 40.8 Å². The van der Waals surface area contributed by atoms with E-state index >= 15 is 0 Å². The topological polar surface area (TPSA) is 265 Å². The Morgan fingerprint density at radius 3 is 0.824 bits per heavy atom. The van der Waals surface area contributed by atoms with Crippen LogP contribution < -0.4 is 0 Å². The molecule has 0 saturated carbocycles. The van der Waals surface area contributed by atoms with E-state index in [-0.39, 0.29) is 59.5 Å². The molecule has 0 aliphatic carbocycles. The highest BCUT2D eigenvalue weighted by atomic mass is 28.5. The van der Waals surface area contributed by atoms with Crippen LogP contribution in [0.3, 0.4) is 0 Å². The van der Waals surface area contributed by atoms with Crippen LogP contribution in [0.4, 0.5) is 0 Å². The highest BCUT2D eigenvalue weighted by Gasteiger charge is 2.55. The Kier molecular flexibility index (Phi) is 26.4. The van der Waals surface area contributed by atoms with Gasteiger partial charge in [0.05, 0.1) is 79.3 Å². The van der Waals surface area contributed by atoms with Gasteiger partial charge in [0.25, 0.3) is 0 Å². The second-order valence-corrected chi connectivity index (χ2v) is 24.1. The second-order valence-electron chi connectivity index (χ2n) is 13.3. The zero-order valence-corrected chi connectivity index (χ0v) is 33.5. The van der Waals surface area contributed by atoms with E-state index in [0.717, 1.165) is 0 Å². The summed E-state index contributed by atoms with van der Waals surface area (Å²) in [5, 5.41) is 84.8. The molecule has 0 aromatic heterocycles. The molecule has 21 heteroatoms.